The second kappa shape index (κ2) is 11.6. The molecule has 0 radical (unpaired) electrons. The van der Waals surface area contributed by atoms with E-state index in [0.717, 1.165) is 36.8 Å². The van der Waals surface area contributed by atoms with Crippen molar-refractivity contribution in [2.45, 2.75) is 20.0 Å². The SMILES string of the molecule is CCNC(=NCc1ccc(N2CCNC(=O)C2)cc1)N(C)Cc1ccccc1.I. The third kappa shape index (κ3) is 6.92. The Kier molecular flexibility index (Phi) is 9.24. The van der Waals surface area contributed by atoms with Gasteiger partial charge in [-0.2, -0.15) is 0 Å². The fourth-order valence-corrected chi connectivity index (χ4v) is 3.24. The molecule has 1 amide bonds. The van der Waals surface area contributed by atoms with Crippen LogP contribution in [0.15, 0.2) is 59.6 Å². The first kappa shape index (κ1) is 23.0. The number of guanidine groups is 1. The summed E-state index contributed by atoms with van der Waals surface area (Å²) in [5.41, 5.74) is 3.48. The highest BCUT2D eigenvalue weighted by Gasteiger charge is 2.16. The van der Waals surface area contributed by atoms with E-state index in [2.05, 4.69) is 82.9 Å². The predicted octanol–water partition coefficient (Wildman–Crippen LogP) is 2.84. The first-order valence-electron chi connectivity index (χ1n) is 9.79. The highest BCUT2D eigenvalue weighted by Crippen LogP contribution is 2.16. The average molecular weight is 507 g/mol. The minimum absolute atomic E-state index is 0. The lowest BCUT2D eigenvalue weighted by atomic mass is 10.2. The Morgan fingerprint density at radius 3 is 2.52 bits per heavy atom. The minimum Gasteiger partial charge on any atom is -0.360 e. The van der Waals surface area contributed by atoms with Crippen LogP contribution in [0.3, 0.4) is 0 Å². The van der Waals surface area contributed by atoms with E-state index in [1.807, 2.05) is 6.07 Å². The summed E-state index contributed by atoms with van der Waals surface area (Å²) >= 11 is 0. The highest BCUT2D eigenvalue weighted by atomic mass is 127. The van der Waals surface area contributed by atoms with Crippen molar-refractivity contribution < 1.29 is 4.79 Å². The van der Waals surface area contributed by atoms with Crippen LogP contribution in [0.2, 0.25) is 0 Å². The number of hydrogen-bond donors (Lipinski definition) is 2. The maximum atomic E-state index is 11.6. The summed E-state index contributed by atoms with van der Waals surface area (Å²) in [6.45, 7) is 6.29. The standard InChI is InChI=1S/C22H29N5O.HI/c1-3-23-22(26(2)16-19-7-5-4-6-8-19)25-15-18-9-11-20(12-10-18)27-14-13-24-21(28)17-27;/h4-12H,3,13-17H2,1-2H3,(H,23,25)(H,24,28);1H. The molecule has 0 atom stereocenters. The van der Waals surface area contributed by atoms with Crippen molar-refractivity contribution >= 4 is 41.5 Å². The topological polar surface area (TPSA) is 60.0 Å². The Morgan fingerprint density at radius 1 is 1.14 bits per heavy atom. The maximum absolute atomic E-state index is 11.6. The van der Waals surface area contributed by atoms with Crippen LogP contribution < -0.4 is 15.5 Å². The molecule has 1 aliphatic heterocycles. The molecule has 0 aromatic heterocycles. The highest BCUT2D eigenvalue weighted by molar-refractivity contribution is 14.0. The van der Waals surface area contributed by atoms with Gasteiger partial charge in [0.05, 0.1) is 13.1 Å². The molecular formula is C22H30IN5O. The van der Waals surface area contributed by atoms with Gasteiger partial charge in [0.15, 0.2) is 5.96 Å². The smallest absolute Gasteiger partial charge is 0.239 e. The van der Waals surface area contributed by atoms with Gasteiger partial charge in [0.25, 0.3) is 0 Å². The summed E-state index contributed by atoms with van der Waals surface area (Å²) in [5, 5.41) is 6.22. The number of nitrogens with zero attached hydrogens (tertiary/aromatic N) is 3. The second-order valence-corrected chi connectivity index (χ2v) is 6.95. The van der Waals surface area contributed by atoms with Crippen molar-refractivity contribution in [1.82, 2.24) is 15.5 Å². The Balaban J connectivity index is 0.00000300. The summed E-state index contributed by atoms with van der Waals surface area (Å²) in [4.78, 5) is 20.6. The molecule has 1 fully saturated rings. The summed E-state index contributed by atoms with van der Waals surface area (Å²) in [6.07, 6.45) is 0. The minimum atomic E-state index is 0. The van der Waals surface area contributed by atoms with Crippen molar-refractivity contribution in [2.75, 3.05) is 38.1 Å². The number of rotatable bonds is 6. The summed E-state index contributed by atoms with van der Waals surface area (Å²) in [7, 11) is 2.05. The van der Waals surface area contributed by atoms with Gasteiger partial charge in [0, 0.05) is 38.9 Å². The lowest BCUT2D eigenvalue weighted by Gasteiger charge is -2.28. The maximum Gasteiger partial charge on any atom is 0.239 e. The fourth-order valence-electron chi connectivity index (χ4n) is 3.24. The van der Waals surface area contributed by atoms with Gasteiger partial charge < -0.3 is 20.4 Å². The molecule has 7 heteroatoms. The Hall–Kier alpha value is -2.29. The number of hydrogen-bond acceptors (Lipinski definition) is 3. The number of benzene rings is 2. The van der Waals surface area contributed by atoms with E-state index in [-0.39, 0.29) is 29.9 Å². The van der Waals surface area contributed by atoms with Gasteiger partial charge in [0.2, 0.25) is 5.91 Å². The van der Waals surface area contributed by atoms with Crippen LogP contribution in [0.4, 0.5) is 5.69 Å². The van der Waals surface area contributed by atoms with Crippen LogP contribution in [-0.2, 0) is 17.9 Å². The molecule has 0 aliphatic carbocycles. The third-order valence-corrected chi connectivity index (χ3v) is 4.71. The number of amides is 1. The van der Waals surface area contributed by atoms with Crippen molar-refractivity contribution in [3.05, 3.63) is 65.7 Å². The van der Waals surface area contributed by atoms with Gasteiger partial charge in [-0.05, 0) is 30.2 Å². The van der Waals surface area contributed by atoms with Gasteiger partial charge in [0.1, 0.15) is 0 Å². The van der Waals surface area contributed by atoms with E-state index in [4.69, 9.17) is 4.99 Å². The fraction of sp³-hybridized carbons (Fsp3) is 0.364. The van der Waals surface area contributed by atoms with E-state index in [1.54, 1.807) is 0 Å². The van der Waals surface area contributed by atoms with E-state index in [0.29, 0.717) is 19.6 Å². The molecule has 1 saturated heterocycles. The number of carbonyl (C=O) groups is 1. The quantitative estimate of drug-likeness (QED) is 0.359. The lowest BCUT2D eigenvalue weighted by molar-refractivity contribution is -0.120. The molecule has 2 aromatic carbocycles. The largest absolute Gasteiger partial charge is 0.360 e. The Bertz CT molecular complexity index is 795. The molecule has 0 spiro atoms. The monoisotopic (exact) mass is 507 g/mol. The molecule has 0 saturated carbocycles. The Labute approximate surface area is 190 Å². The van der Waals surface area contributed by atoms with Crippen LogP contribution in [0.25, 0.3) is 0 Å². The molecule has 6 nitrogen and oxygen atoms in total. The molecular weight excluding hydrogens is 477 g/mol. The van der Waals surface area contributed by atoms with Crippen LogP contribution in [-0.4, -0.2) is 50.0 Å². The van der Waals surface area contributed by atoms with E-state index in [9.17, 15) is 4.79 Å². The number of anilines is 1. The van der Waals surface area contributed by atoms with Gasteiger partial charge in [-0.1, -0.05) is 42.5 Å². The number of halogens is 1. The van der Waals surface area contributed by atoms with Crippen LogP contribution in [0.1, 0.15) is 18.1 Å². The summed E-state index contributed by atoms with van der Waals surface area (Å²) in [5.74, 6) is 0.972. The van der Waals surface area contributed by atoms with E-state index < -0.39 is 0 Å². The van der Waals surface area contributed by atoms with Crippen molar-refractivity contribution in [3.63, 3.8) is 0 Å². The molecule has 2 aromatic rings. The van der Waals surface area contributed by atoms with Gasteiger partial charge >= 0.3 is 0 Å². The molecule has 156 valence electrons. The molecule has 29 heavy (non-hydrogen) atoms. The second-order valence-electron chi connectivity index (χ2n) is 6.95. The van der Waals surface area contributed by atoms with Crippen LogP contribution >= 0.6 is 24.0 Å². The number of carbonyl (C=O) groups excluding carboxylic acids is 1. The Morgan fingerprint density at radius 2 is 1.86 bits per heavy atom. The summed E-state index contributed by atoms with van der Waals surface area (Å²) in [6, 6.07) is 18.7. The number of nitrogens with one attached hydrogen (secondary N) is 2. The van der Waals surface area contributed by atoms with Crippen molar-refractivity contribution in [3.8, 4) is 0 Å². The van der Waals surface area contributed by atoms with Gasteiger partial charge in [-0.25, -0.2) is 4.99 Å². The molecule has 0 bridgehead atoms. The number of piperazine rings is 1. The first-order valence-corrected chi connectivity index (χ1v) is 9.79. The lowest BCUT2D eigenvalue weighted by Crippen LogP contribution is -2.47. The molecule has 1 heterocycles. The molecule has 3 rings (SSSR count). The van der Waals surface area contributed by atoms with E-state index >= 15 is 0 Å². The first-order chi connectivity index (χ1) is 13.7. The van der Waals surface area contributed by atoms with Gasteiger partial charge in [-0.3, -0.25) is 4.79 Å². The van der Waals surface area contributed by atoms with Gasteiger partial charge in [-0.15, -0.1) is 24.0 Å². The predicted molar refractivity (Wildman–Crippen MR) is 130 cm³/mol. The van der Waals surface area contributed by atoms with Crippen molar-refractivity contribution in [1.29, 1.82) is 0 Å². The zero-order chi connectivity index (χ0) is 19.8. The zero-order valence-corrected chi connectivity index (χ0v) is 19.4. The van der Waals surface area contributed by atoms with E-state index in [1.165, 1.54) is 5.56 Å². The normalized spacial score (nSPS) is 14.1. The summed E-state index contributed by atoms with van der Waals surface area (Å²) < 4.78 is 0. The molecule has 2 N–H and O–H groups in total. The number of aliphatic imine (C=N–C) groups is 1. The zero-order valence-electron chi connectivity index (χ0n) is 17.1. The van der Waals surface area contributed by atoms with Crippen LogP contribution in [0.5, 0.6) is 0 Å². The molecule has 1 aliphatic rings. The third-order valence-electron chi connectivity index (χ3n) is 4.71. The molecule has 0 unspecified atom stereocenters. The van der Waals surface area contributed by atoms with Crippen LogP contribution in [0, 0.1) is 0 Å². The van der Waals surface area contributed by atoms with Crippen molar-refractivity contribution in [2.24, 2.45) is 4.99 Å². The average Bonchev–Trinajstić information content (AvgIpc) is 2.72.